The van der Waals surface area contributed by atoms with Gasteiger partial charge in [-0.15, -0.1) is 0 Å². The second-order valence-corrected chi connectivity index (χ2v) is 11.6. The van der Waals surface area contributed by atoms with Crippen LogP contribution >= 0.6 is 0 Å². The molecule has 0 aromatic heterocycles. The van der Waals surface area contributed by atoms with Crippen molar-refractivity contribution in [2.75, 3.05) is 30.3 Å². The summed E-state index contributed by atoms with van der Waals surface area (Å²) in [6.45, 7) is 6.67. The molecule has 2 aromatic carbocycles. The largest absolute Gasteiger partial charge is 0.486 e. The van der Waals surface area contributed by atoms with Crippen molar-refractivity contribution in [2.24, 2.45) is 0 Å². The Morgan fingerprint density at radius 3 is 2.31 bits per heavy atom. The highest BCUT2D eigenvalue weighted by atomic mass is 32.2. The van der Waals surface area contributed by atoms with Crippen molar-refractivity contribution in [3.63, 3.8) is 0 Å². The number of carbonyl (C=O) groups is 2. The summed E-state index contributed by atoms with van der Waals surface area (Å²) in [7, 11) is -3.65. The Morgan fingerprint density at radius 1 is 1.03 bits per heavy atom. The number of nitrogens with one attached hydrogen (secondary N) is 1. The van der Waals surface area contributed by atoms with E-state index in [1.165, 1.54) is 21.3 Å². The number of anilines is 1. The van der Waals surface area contributed by atoms with Gasteiger partial charge < -0.3 is 19.7 Å². The fourth-order valence-electron chi connectivity index (χ4n) is 4.34. The van der Waals surface area contributed by atoms with Crippen LogP contribution in [0, 0.1) is 5.82 Å². The quantitative estimate of drug-likeness (QED) is 0.397. The summed E-state index contributed by atoms with van der Waals surface area (Å²) in [4.78, 5) is 28.1. The van der Waals surface area contributed by atoms with Gasteiger partial charge in [0.2, 0.25) is 21.8 Å². The number of carbonyl (C=O) groups excluding carboxylic acids is 2. The third-order valence-corrected chi connectivity index (χ3v) is 7.81. The van der Waals surface area contributed by atoms with Gasteiger partial charge in [-0.25, -0.2) is 12.8 Å². The minimum absolute atomic E-state index is 0.0187. The molecule has 2 atom stereocenters. The van der Waals surface area contributed by atoms with Crippen molar-refractivity contribution in [3.8, 4) is 11.5 Å². The predicted octanol–water partition coefficient (Wildman–Crippen LogP) is 3.87. The van der Waals surface area contributed by atoms with Crippen molar-refractivity contribution in [1.29, 1.82) is 0 Å². The zero-order valence-corrected chi connectivity index (χ0v) is 23.8. The summed E-state index contributed by atoms with van der Waals surface area (Å²) in [5, 5.41) is 2.95. The SMILES string of the molecule is CC[C@H](C)NC(=O)[C@H](CC)N(Cc1ccc(F)cc1)C(=O)CCCN(c1ccc2c(c1)OCCO2)S(C)(=O)=O. The van der Waals surface area contributed by atoms with Crippen LogP contribution in [0.3, 0.4) is 0 Å². The Kier molecular flexibility index (Phi) is 10.6. The Balaban J connectivity index is 1.77. The molecular weight excluding hydrogens is 525 g/mol. The number of hydrogen-bond donors (Lipinski definition) is 1. The van der Waals surface area contributed by atoms with Crippen LogP contribution in [0.2, 0.25) is 0 Å². The van der Waals surface area contributed by atoms with Gasteiger partial charge in [-0.3, -0.25) is 13.9 Å². The molecule has 0 spiro atoms. The number of amides is 2. The molecule has 11 heteroatoms. The minimum atomic E-state index is -3.65. The van der Waals surface area contributed by atoms with Gasteiger partial charge in [0.25, 0.3) is 0 Å². The molecule has 2 amide bonds. The third-order valence-electron chi connectivity index (χ3n) is 6.62. The molecule has 1 N–H and O–H groups in total. The van der Waals surface area contributed by atoms with Gasteiger partial charge in [-0.05, 0) is 56.0 Å². The Labute approximate surface area is 230 Å². The molecule has 39 heavy (non-hydrogen) atoms. The van der Waals surface area contributed by atoms with Gasteiger partial charge >= 0.3 is 0 Å². The van der Waals surface area contributed by atoms with E-state index in [9.17, 15) is 22.4 Å². The van der Waals surface area contributed by atoms with Crippen LogP contribution < -0.4 is 19.1 Å². The first-order chi connectivity index (χ1) is 18.5. The normalized spacial score (nSPS) is 14.3. The van der Waals surface area contributed by atoms with Crippen LogP contribution in [0.5, 0.6) is 11.5 Å². The molecule has 0 aliphatic carbocycles. The van der Waals surface area contributed by atoms with Gasteiger partial charge in [0.15, 0.2) is 11.5 Å². The summed E-state index contributed by atoms with van der Waals surface area (Å²) in [6.07, 6.45) is 2.49. The molecule has 0 fully saturated rings. The smallest absolute Gasteiger partial charge is 0.243 e. The second-order valence-electron chi connectivity index (χ2n) is 9.66. The summed E-state index contributed by atoms with van der Waals surface area (Å²) >= 11 is 0. The standard InChI is InChI=1S/C28H38FN3O6S/c1-5-20(3)30-28(34)24(6-2)31(19-21-9-11-22(29)12-10-21)27(33)8-7-15-32(39(4,35)36)23-13-14-25-26(18-23)38-17-16-37-25/h9-14,18,20,24H,5-8,15-17,19H2,1-4H3,(H,30,34)/t20-,24-/m0/s1. The molecule has 1 heterocycles. The van der Waals surface area contributed by atoms with Crippen molar-refractivity contribution >= 4 is 27.5 Å². The Bertz CT molecular complexity index is 1240. The van der Waals surface area contributed by atoms with Crippen LogP contribution in [0.4, 0.5) is 10.1 Å². The molecule has 1 aliphatic heterocycles. The highest BCUT2D eigenvalue weighted by Crippen LogP contribution is 2.34. The van der Waals surface area contributed by atoms with E-state index >= 15 is 0 Å². The van der Waals surface area contributed by atoms with Crippen molar-refractivity contribution in [3.05, 3.63) is 53.8 Å². The van der Waals surface area contributed by atoms with E-state index < -0.39 is 21.9 Å². The molecule has 0 saturated heterocycles. The molecule has 1 aliphatic rings. The number of halogens is 1. The van der Waals surface area contributed by atoms with Gasteiger partial charge in [-0.1, -0.05) is 26.0 Å². The van der Waals surface area contributed by atoms with E-state index in [1.807, 2.05) is 20.8 Å². The summed E-state index contributed by atoms with van der Waals surface area (Å²) in [5.41, 5.74) is 1.10. The maximum Gasteiger partial charge on any atom is 0.243 e. The van der Waals surface area contributed by atoms with E-state index in [0.29, 0.717) is 42.4 Å². The van der Waals surface area contributed by atoms with Crippen molar-refractivity contribution < 1.29 is 31.9 Å². The Morgan fingerprint density at radius 2 is 1.69 bits per heavy atom. The number of hydrogen-bond acceptors (Lipinski definition) is 6. The lowest BCUT2D eigenvalue weighted by molar-refractivity contribution is -0.141. The van der Waals surface area contributed by atoms with Crippen molar-refractivity contribution in [1.82, 2.24) is 10.2 Å². The Hall–Kier alpha value is -3.34. The molecule has 9 nitrogen and oxygen atoms in total. The predicted molar refractivity (Wildman–Crippen MR) is 148 cm³/mol. The van der Waals surface area contributed by atoms with E-state index in [0.717, 1.165) is 12.7 Å². The second kappa shape index (κ2) is 13.6. The molecular formula is C28H38FN3O6S. The van der Waals surface area contributed by atoms with E-state index in [1.54, 1.807) is 30.3 Å². The fourth-order valence-corrected chi connectivity index (χ4v) is 5.30. The minimum Gasteiger partial charge on any atom is -0.486 e. The molecule has 0 bridgehead atoms. The maximum absolute atomic E-state index is 13.5. The first kappa shape index (κ1) is 30.2. The third kappa shape index (κ3) is 8.32. The average molecular weight is 564 g/mol. The van der Waals surface area contributed by atoms with Crippen LogP contribution in [0.25, 0.3) is 0 Å². The average Bonchev–Trinajstić information content (AvgIpc) is 2.90. The van der Waals surface area contributed by atoms with Gasteiger partial charge in [0.1, 0.15) is 25.1 Å². The van der Waals surface area contributed by atoms with E-state index in [-0.39, 0.29) is 43.8 Å². The molecule has 0 radical (unpaired) electrons. The lowest BCUT2D eigenvalue weighted by Gasteiger charge is -2.32. The topological polar surface area (TPSA) is 105 Å². The fraction of sp³-hybridized carbons (Fsp3) is 0.500. The van der Waals surface area contributed by atoms with Gasteiger partial charge in [0.05, 0.1) is 11.9 Å². The monoisotopic (exact) mass is 563 g/mol. The summed E-state index contributed by atoms with van der Waals surface area (Å²) < 4.78 is 51.1. The number of benzene rings is 2. The summed E-state index contributed by atoms with van der Waals surface area (Å²) in [5.74, 6) is 0.0778. The number of nitrogens with zero attached hydrogens (tertiary/aromatic N) is 2. The highest BCUT2D eigenvalue weighted by molar-refractivity contribution is 7.92. The zero-order chi connectivity index (χ0) is 28.6. The molecule has 0 unspecified atom stereocenters. The summed E-state index contributed by atoms with van der Waals surface area (Å²) in [6, 6.07) is 9.95. The van der Waals surface area contributed by atoms with Gasteiger partial charge in [0, 0.05) is 31.6 Å². The molecule has 3 rings (SSSR count). The lowest BCUT2D eigenvalue weighted by atomic mass is 10.1. The van der Waals surface area contributed by atoms with Gasteiger partial charge in [-0.2, -0.15) is 0 Å². The van der Waals surface area contributed by atoms with Crippen LogP contribution in [0.15, 0.2) is 42.5 Å². The number of sulfonamides is 1. The van der Waals surface area contributed by atoms with Crippen LogP contribution in [-0.4, -0.2) is 63.2 Å². The van der Waals surface area contributed by atoms with Crippen LogP contribution in [-0.2, 0) is 26.2 Å². The highest BCUT2D eigenvalue weighted by Gasteiger charge is 2.29. The first-order valence-electron chi connectivity index (χ1n) is 13.2. The molecule has 2 aromatic rings. The number of ether oxygens (including phenoxy) is 2. The lowest BCUT2D eigenvalue weighted by Crippen LogP contribution is -2.50. The maximum atomic E-state index is 13.5. The van der Waals surface area contributed by atoms with E-state index in [2.05, 4.69) is 5.32 Å². The number of rotatable bonds is 13. The molecule has 214 valence electrons. The van der Waals surface area contributed by atoms with Crippen LogP contribution in [0.1, 0.15) is 52.0 Å². The van der Waals surface area contributed by atoms with Crippen molar-refractivity contribution in [2.45, 2.75) is 65.1 Å². The van der Waals surface area contributed by atoms with E-state index in [4.69, 9.17) is 9.47 Å². The first-order valence-corrected chi connectivity index (χ1v) is 15.1. The zero-order valence-electron chi connectivity index (χ0n) is 23.0. The molecule has 0 saturated carbocycles. The number of fused-ring (bicyclic) bond motifs is 1.